The average Bonchev–Trinajstić information content (AvgIpc) is 2.92. The van der Waals surface area contributed by atoms with Gasteiger partial charge in [-0.2, -0.15) is 0 Å². The Bertz CT molecular complexity index is 709. The van der Waals surface area contributed by atoms with E-state index >= 15 is 0 Å². The molecule has 2 rings (SSSR count). The van der Waals surface area contributed by atoms with Crippen molar-refractivity contribution < 1.29 is 23.9 Å². The minimum atomic E-state index is -0.628. The van der Waals surface area contributed by atoms with Crippen LogP contribution < -0.4 is 5.32 Å². The number of esters is 2. The van der Waals surface area contributed by atoms with Crippen LogP contribution in [0.4, 0.5) is 0 Å². The number of H-pyrrole nitrogens is 1. The summed E-state index contributed by atoms with van der Waals surface area (Å²) in [6.07, 6.45) is 3.22. The zero-order valence-corrected chi connectivity index (χ0v) is 16.8. The van der Waals surface area contributed by atoms with Crippen molar-refractivity contribution in [1.82, 2.24) is 10.3 Å². The summed E-state index contributed by atoms with van der Waals surface area (Å²) in [4.78, 5) is 39.4. The van der Waals surface area contributed by atoms with Crippen LogP contribution in [0.1, 0.15) is 72.1 Å². The quantitative estimate of drug-likeness (QED) is 0.742. The van der Waals surface area contributed by atoms with E-state index in [-0.39, 0.29) is 36.4 Å². The molecule has 0 bridgehead atoms. The normalized spacial score (nSPS) is 22.2. The molecule has 1 aromatic heterocycles. The molecule has 1 aromatic rings. The van der Waals surface area contributed by atoms with Gasteiger partial charge in [-0.15, -0.1) is 0 Å². The second-order valence-electron chi connectivity index (χ2n) is 7.36. The van der Waals surface area contributed by atoms with Crippen LogP contribution in [0.3, 0.4) is 0 Å². The maximum Gasteiger partial charge on any atom is 0.355 e. The predicted molar refractivity (Wildman–Crippen MR) is 101 cm³/mol. The molecular formula is C20H30N2O5. The molecule has 0 radical (unpaired) electrons. The molecule has 0 spiro atoms. The smallest absolute Gasteiger partial charge is 0.355 e. The molecule has 0 unspecified atom stereocenters. The lowest BCUT2D eigenvalue weighted by molar-refractivity contribution is -0.125. The summed E-state index contributed by atoms with van der Waals surface area (Å²) in [6, 6.07) is 0.117. The number of aryl methyl sites for hydroxylation is 1. The van der Waals surface area contributed by atoms with Gasteiger partial charge in [-0.05, 0) is 44.6 Å². The number of carbonyl (C=O) groups is 3. The number of hydrogen-bond donors (Lipinski definition) is 2. The Hall–Kier alpha value is -2.31. The molecule has 0 saturated heterocycles. The Morgan fingerprint density at radius 3 is 2.48 bits per heavy atom. The molecule has 1 aliphatic rings. The number of nitrogens with one attached hydrogen (secondary N) is 2. The van der Waals surface area contributed by atoms with Crippen LogP contribution in [0, 0.1) is 25.7 Å². The van der Waals surface area contributed by atoms with E-state index in [1.165, 1.54) is 6.42 Å². The SMILES string of the molecule is CCOC(=O)c1[nH]c(C)c(C(=O)OCC(=O)N[C@H]2CCC[C@H](C)[C@@H]2C)c1C. The lowest BCUT2D eigenvalue weighted by Crippen LogP contribution is -2.45. The first kappa shape index (κ1) is 21.0. The highest BCUT2D eigenvalue weighted by atomic mass is 16.5. The fraction of sp³-hybridized carbons (Fsp3) is 0.650. The lowest BCUT2D eigenvalue weighted by atomic mass is 9.78. The van der Waals surface area contributed by atoms with Gasteiger partial charge in [0.1, 0.15) is 5.69 Å². The molecule has 27 heavy (non-hydrogen) atoms. The van der Waals surface area contributed by atoms with E-state index in [1.807, 2.05) is 0 Å². The summed E-state index contributed by atoms with van der Waals surface area (Å²) < 4.78 is 10.2. The first-order valence-corrected chi connectivity index (χ1v) is 9.59. The van der Waals surface area contributed by atoms with Gasteiger partial charge in [-0.3, -0.25) is 4.79 Å². The molecule has 3 atom stereocenters. The van der Waals surface area contributed by atoms with Crippen LogP contribution in [-0.4, -0.2) is 42.1 Å². The molecular weight excluding hydrogens is 348 g/mol. The molecule has 0 aromatic carbocycles. The fourth-order valence-electron chi connectivity index (χ4n) is 3.70. The largest absolute Gasteiger partial charge is 0.461 e. The number of hydrogen-bond acceptors (Lipinski definition) is 5. The van der Waals surface area contributed by atoms with Crippen LogP contribution in [0.15, 0.2) is 0 Å². The molecule has 150 valence electrons. The second-order valence-corrected chi connectivity index (χ2v) is 7.36. The van der Waals surface area contributed by atoms with Crippen LogP contribution >= 0.6 is 0 Å². The van der Waals surface area contributed by atoms with E-state index < -0.39 is 11.9 Å². The third-order valence-electron chi connectivity index (χ3n) is 5.51. The second kappa shape index (κ2) is 9.06. The monoisotopic (exact) mass is 378 g/mol. The molecule has 1 saturated carbocycles. The summed E-state index contributed by atoms with van der Waals surface area (Å²) in [5.41, 5.74) is 1.48. The van der Waals surface area contributed by atoms with Crippen LogP contribution in [-0.2, 0) is 14.3 Å². The molecule has 2 N–H and O–H groups in total. The molecule has 1 fully saturated rings. The van der Waals surface area contributed by atoms with Crippen molar-refractivity contribution in [3.05, 3.63) is 22.5 Å². The minimum Gasteiger partial charge on any atom is -0.461 e. The summed E-state index contributed by atoms with van der Waals surface area (Å²) in [6.45, 7) is 9.29. The van der Waals surface area contributed by atoms with Crippen molar-refractivity contribution in [1.29, 1.82) is 0 Å². The van der Waals surface area contributed by atoms with Gasteiger partial charge in [0, 0.05) is 11.7 Å². The Morgan fingerprint density at radius 2 is 1.81 bits per heavy atom. The standard InChI is InChI=1S/C20H30N2O5/c1-6-26-20(25)18-13(4)17(14(5)21-18)19(24)27-10-16(23)22-15-9-7-8-11(2)12(15)3/h11-12,15,21H,6-10H2,1-5H3,(H,22,23)/t11-,12-,15-/m0/s1. The van der Waals surface area contributed by atoms with Gasteiger partial charge >= 0.3 is 11.9 Å². The molecule has 1 heterocycles. The highest BCUT2D eigenvalue weighted by molar-refractivity contribution is 5.99. The van der Waals surface area contributed by atoms with Crippen LogP contribution in [0.2, 0.25) is 0 Å². The number of rotatable bonds is 6. The van der Waals surface area contributed by atoms with Crippen molar-refractivity contribution in [2.24, 2.45) is 11.8 Å². The van der Waals surface area contributed by atoms with Crippen LogP contribution in [0.25, 0.3) is 0 Å². The number of ether oxygens (including phenoxy) is 2. The summed E-state index contributed by atoms with van der Waals surface area (Å²) in [7, 11) is 0. The Labute approximate surface area is 160 Å². The maximum atomic E-state index is 12.4. The zero-order chi connectivity index (χ0) is 20.1. The minimum absolute atomic E-state index is 0.117. The zero-order valence-electron chi connectivity index (χ0n) is 16.8. The lowest BCUT2D eigenvalue weighted by Gasteiger charge is -2.34. The van der Waals surface area contributed by atoms with Gasteiger partial charge in [0.05, 0.1) is 12.2 Å². The first-order chi connectivity index (χ1) is 12.8. The summed E-state index contributed by atoms with van der Waals surface area (Å²) in [5.74, 6) is -0.476. The van der Waals surface area contributed by atoms with Gasteiger partial charge in [0.15, 0.2) is 6.61 Å². The Kier molecular flexibility index (Phi) is 7.05. The summed E-state index contributed by atoms with van der Waals surface area (Å²) in [5, 5.41) is 2.98. The maximum absolute atomic E-state index is 12.4. The van der Waals surface area contributed by atoms with Crippen molar-refractivity contribution >= 4 is 17.8 Å². The average molecular weight is 378 g/mol. The summed E-state index contributed by atoms with van der Waals surface area (Å²) >= 11 is 0. The van der Waals surface area contributed by atoms with Crippen molar-refractivity contribution in [2.45, 2.75) is 59.9 Å². The van der Waals surface area contributed by atoms with Crippen LogP contribution in [0.5, 0.6) is 0 Å². The van der Waals surface area contributed by atoms with Crippen molar-refractivity contribution in [2.75, 3.05) is 13.2 Å². The number of aromatic amines is 1. The van der Waals surface area contributed by atoms with E-state index in [1.54, 1.807) is 20.8 Å². The van der Waals surface area contributed by atoms with Gasteiger partial charge in [-0.25, -0.2) is 9.59 Å². The van der Waals surface area contributed by atoms with Crippen molar-refractivity contribution in [3.63, 3.8) is 0 Å². The molecule has 7 nitrogen and oxygen atoms in total. The third kappa shape index (κ3) is 4.90. The fourth-order valence-corrected chi connectivity index (χ4v) is 3.70. The Balaban J connectivity index is 1.95. The van der Waals surface area contributed by atoms with E-state index in [0.29, 0.717) is 23.1 Å². The molecule has 0 aliphatic heterocycles. The van der Waals surface area contributed by atoms with Crippen molar-refractivity contribution in [3.8, 4) is 0 Å². The van der Waals surface area contributed by atoms with Gasteiger partial charge in [0.25, 0.3) is 5.91 Å². The number of carbonyl (C=O) groups excluding carboxylic acids is 3. The topological polar surface area (TPSA) is 97.5 Å². The van der Waals surface area contributed by atoms with Gasteiger partial charge < -0.3 is 19.8 Å². The Morgan fingerprint density at radius 1 is 1.11 bits per heavy atom. The molecule has 1 aliphatic carbocycles. The third-order valence-corrected chi connectivity index (χ3v) is 5.51. The molecule has 1 amide bonds. The van der Waals surface area contributed by atoms with E-state index in [0.717, 1.165) is 12.8 Å². The number of amides is 1. The van der Waals surface area contributed by atoms with E-state index in [4.69, 9.17) is 9.47 Å². The van der Waals surface area contributed by atoms with E-state index in [9.17, 15) is 14.4 Å². The van der Waals surface area contributed by atoms with Gasteiger partial charge in [-0.1, -0.05) is 26.7 Å². The first-order valence-electron chi connectivity index (χ1n) is 9.59. The van der Waals surface area contributed by atoms with Gasteiger partial charge in [0.2, 0.25) is 0 Å². The molecule has 7 heteroatoms. The van der Waals surface area contributed by atoms with E-state index in [2.05, 4.69) is 24.1 Å². The highest BCUT2D eigenvalue weighted by Gasteiger charge is 2.29. The highest BCUT2D eigenvalue weighted by Crippen LogP contribution is 2.29. The predicted octanol–water partition coefficient (Wildman–Crippen LogP) is 2.91. The number of aromatic nitrogens is 1.